The molecule has 3 aromatic carbocycles. The number of anilines is 1. The molecule has 0 N–H and O–H groups in total. The lowest BCUT2D eigenvalue weighted by atomic mass is 9.97. The fourth-order valence-corrected chi connectivity index (χ4v) is 6.13. The molecule has 0 bridgehead atoms. The lowest BCUT2D eigenvalue weighted by Gasteiger charge is -2.30. The van der Waals surface area contributed by atoms with Crippen molar-refractivity contribution in [3.05, 3.63) is 89.0 Å². The van der Waals surface area contributed by atoms with E-state index in [1.807, 2.05) is 24.3 Å². The Balaban J connectivity index is 1.53. The molecule has 1 aliphatic heterocycles. The highest BCUT2D eigenvalue weighted by Crippen LogP contribution is 2.35. The van der Waals surface area contributed by atoms with Crippen molar-refractivity contribution in [3.63, 3.8) is 0 Å². The number of methoxy groups -OCH3 is 1. The standard InChI is InChI=1S/C29H31NO6S/c1-4-20(2)21-11-13-23(14-12-21)26(31)19-36-29(32)24-15-16-27(35-3)28(18-24)37(33,34)30-17-7-9-22-8-5-6-10-25(22)30/h5-6,8,10-16,18,20H,4,7,9,17,19H2,1-3H3. The predicted octanol–water partition coefficient (Wildman–Crippen LogP) is 5.39. The fourth-order valence-electron chi connectivity index (χ4n) is 4.40. The van der Waals surface area contributed by atoms with Gasteiger partial charge in [-0.3, -0.25) is 9.10 Å². The van der Waals surface area contributed by atoms with Crippen LogP contribution in [-0.4, -0.2) is 40.4 Å². The summed E-state index contributed by atoms with van der Waals surface area (Å²) in [5, 5.41) is 0. The molecule has 3 aromatic rings. The van der Waals surface area contributed by atoms with E-state index >= 15 is 0 Å². The minimum atomic E-state index is -4.03. The van der Waals surface area contributed by atoms with Crippen molar-refractivity contribution in [3.8, 4) is 5.75 Å². The van der Waals surface area contributed by atoms with Crippen LogP contribution in [0.5, 0.6) is 5.75 Å². The van der Waals surface area contributed by atoms with Crippen molar-refractivity contribution in [1.29, 1.82) is 0 Å². The monoisotopic (exact) mass is 521 g/mol. The average molecular weight is 522 g/mol. The molecule has 4 rings (SSSR count). The molecule has 0 fully saturated rings. The number of ether oxygens (including phenoxy) is 2. The first-order valence-corrected chi connectivity index (χ1v) is 13.8. The molecule has 0 saturated heterocycles. The predicted molar refractivity (Wildman–Crippen MR) is 142 cm³/mol. The molecule has 0 amide bonds. The van der Waals surface area contributed by atoms with Crippen LogP contribution < -0.4 is 9.04 Å². The fraction of sp³-hybridized carbons (Fsp3) is 0.310. The second kappa shape index (κ2) is 11.2. The Morgan fingerprint density at radius 3 is 2.41 bits per heavy atom. The van der Waals surface area contributed by atoms with E-state index in [9.17, 15) is 18.0 Å². The average Bonchev–Trinajstić information content (AvgIpc) is 2.94. The van der Waals surface area contributed by atoms with Crippen LogP contribution >= 0.6 is 0 Å². The number of esters is 1. The summed E-state index contributed by atoms with van der Waals surface area (Å²) >= 11 is 0. The third kappa shape index (κ3) is 5.54. The van der Waals surface area contributed by atoms with Crippen LogP contribution in [0.25, 0.3) is 0 Å². The van der Waals surface area contributed by atoms with Gasteiger partial charge in [0.1, 0.15) is 10.6 Å². The van der Waals surface area contributed by atoms with E-state index in [4.69, 9.17) is 9.47 Å². The van der Waals surface area contributed by atoms with Gasteiger partial charge in [0.2, 0.25) is 0 Å². The van der Waals surface area contributed by atoms with E-state index in [1.165, 1.54) is 29.6 Å². The van der Waals surface area contributed by atoms with Crippen molar-refractivity contribution >= 4 is 27.5 Å². The maximum atomic E-state index is 13.7. The Morgan fingerprint density at radius 2 is 1.70 bits per heavy atom. The second-order valence-corrected chi connectivity index (χ2v) is 10.9. The van der Waals surface area contributed by atoms with E-state index < -0.39 is 22.6 Å². The number of ketones is 1. The van der Waals surface area contributed by atoms with Crippen molar-refractivity contribution in [2.24, 2.45) is 0 Å². The second-order valence-electron chi connectivity index (χ2n) is 9.11. The number of hydrogen-bond acceptors (Lipinski definition) is 6. The van der Waals surface area contributed by atoms with Gasteiger partial charge < -0.3 is 9.47 Å². The van der Waals surface area contributed by atoms with Gasteiger partial charge >= 0.3 is 5.97 Å². The molecule has 37 heavy (non-hydrogen) atoms. The van der Waals surface area contributed by atoms with Gasteiger partial charge in [-0.15, -0.1) is 0 Å². The Morgan fingerprint density at radius 1 is 1.00 bits per heavy atom. The van der Waals surface area contributed by atoms with Crippen LogP contribution in [0.1, 0.15) is 64.4 Å². The van der Waals surface area contributed by atoms with E-state index in [0.717, 1.165) is 24.0 Å². The highest BCUT2D eigenvalue weighted by molar-refractivity contribution is 7.93. The van der Waals surface area contributed by atoms with Gasteiger partial charge in [0.15, 0.2) is 12.4 Å². The van der Waals surface area contributed by atoms with Crippen LogP contribution in [0.4, 0.5) is 5.69 Å². The number of para-hydroxylation sites is 1. The summed E-state index contributed by atoms with van der Waals surface area (Å²) in [6.07, 6.45) is 2.47. The minimum absolute atomic E-state index is 0.0181. The zero-order chi connectivity index (χ0) is 26.6. The topological polar surface area (TPSA) is 90.0 Å². The Hall–Kier alpha value is -3.65. The smallest absolute Gasteiger partial charge is 0.338 e. The van der Waals surface area contributed by atoms with Gasteiger partial charge in [0.05, 0.1) is 18.4 Å². The molecule has 0 aromatic heterocycles. The molecule has 7 nitrogen and oxygen atoms in total. The van der Waals surface area contributed by atoms with Gasteiger partial charge in [-0.05, 0) is 60.6 Å². The highest BCUT2D eigenvalue weighted by atomic mass is 32.2. The van der Waals surface area contributed by atoms with Crippen molar-refractivity contribution in [1.82, 2.24) is 0 Å². The van der Waals surface area contributed by atoms with Crippen LogP contribution in [0.2, 0.25) is 0 Å². The molecule has 1 unspecified atom stereocenters. The largest absolute Gasteiger partial charge is 0.495 e. The maximum absolute atomic E-state index is 13.7. The zero-order valence-corrected chi connectivity index (χ0v) is 22.1. The van der Waals surface area contributed by atoms with Gasteiger partial charge in [-0.25, -0.2) is 13.2 Å². The minimum Gasteiger partial charge on any atom is -0.495 e. The first kappa shape index (κ1) is 26.4. The van der Waals surface area contributed by atoms with Crippen molar-refractivity contribution in [2.75, 3.05) is 24.6 Å². The van der Waals surface area contributed by atoms with Crippen LogP contribution in [-0.2, 0) is 21.2 Å². The summed E-state index contributed by atoms with van der Waals surface area (Å²) in [6, 6.07) is 18.7. The molecule has 0 radical (unpaired) electrons. The third-order valence-electron chi connectivity index (χ3n) is 6.78. The maximum Gasteiger partial charge on any atom is 0.338 e. The lowest BCUT2D eigenvalue weighted by molar-refractivity contribution is 0.0474. The van der Waals surface area contributed by atoms with E-state index in [-0.39, 0.29) is 22.0 Å². The molecule has 0 saturated carbocycles. The zero-order valence-electron chi connectivity index (χ0n) is 21.3. The van der Waals surface area contributed by atoms with Crippen molar-refractivity contribution < 1.29 is 27.5 Å². The Bertz CT molecular complexity index is 1400. The SMILES string of the molecule is CCC(C)c1ccc(C(=O)COC(=O)c2ccc(OC)c(S(=O)(=O)N3CCCc4ccccc43)c2)cc1. The Labute approximate surface area is 218 Å². The number of carbonyl (C=O) groups is 2. The number of Topliss-reactive ketones (excluding diaryl/α,β-unsaturated/α-hetero) is 1. The van der Waals surface area contributed by atoms with Gasteiger partial charge in [0, 0.05) is 12.1 Å². The molecular formula is C29H31NO6S. The summed E-state index contributed by atoms with van der Waals surface area (Å²) in [4.78, 5) is 25.2. The van der Waals surface area contributed by atoms with Gasteiger partial charge in [-0.1, -0.05) is 56.3 Å². The molecule has 1 atom stereocenters. The van der Waals surface area contributed by atoms with Crippen LogP contribution in [0.3, 0.4) is 0 Å². The number of rotatable bonds is 9. The number of fused-ring (bicyclic) bond motifs is 1. The molecule has 0 aliphatic carbocycles. The van der Waals surface area contributed by atoms with Gasteiger partial charge in [0.25, 0.3) is 10.0 Å². The quantitative estimate of drug-likeness (QED) is 0.277. The number of benzene rings is 3. The van der Waals surface area contributed by atoms with Crippen LogP contribution in [0.15, 0.2) is 71.6 Å². The number of aryl methyl sites for hydroxylation is 1. The number of nitrogens with zero attached hydrogens (tertiary/aromatic N) is 1. The molecule has 1 aliphatic rings. The highest BCUT2D eigenvalue weighted by Gasteiger charge is 2.32. The molecule has 194 valence electrons. The van der Waals surface area contributed by atoms with E-state index in [1.54, 1.807) is 24.3 Å². The number of sulfonamides is 1. The summed E-state index contributed by atoms with van der Waals surface area (Å²) in [6.45, 7) is 4.09. The summed E-state index contributed by atoms with van der Waals surface area (Å²) in [5.74, 6) is -0.615. The normalized spacial score (nSPS) is 14.0. The lowest BCUT2D eigenvalue weighted by Crippen LogP contribution is -2.35. The first-order valence-electron chi connectivity index (χ1n) is 12.3. The van der Waals surface area contributed by atoms with E-state index in [2.05, 4.69) is 13.8 Å². The van der Waals surface area contributed by atoms with Gasteiger partial charge in [-0.2, -0.15) is 0 Å². The van der Waals surface area contributed by atoms with Crippen LogP contribution in [0, 0.1) is 0 Å². The van der Waals surface area contributed by atoms with Crippen molar-refractivity contribution in [2.45, 2.75) is 43.9 Å². The summed E-state index contributed by atoms with van der Waals surface area (Å²) in [5.41, 5.74) is 3.17. The number of hydrogen-bond donors (Lipinski definition) is 0. The molecule has 1 heterocycles. The third-order valence-corrected chi connectivity index (χ3v) is 8.62. The van der Waals surface area contributed by atoms with E-state index in [0.29, 0.717) is 30.1 Å². The Kier molecular flexibility index (Phi) is 7.97. The molecule has 0 spiro atoms. The summed E-state index contributed by atoms with van der Waals surface area (Å²) in [7, 11) is -2.65. The first-order chi connectivity index (χ1) is 17.8. The molecule has 8 heteroatoms. The number of carbonyl (C=O) groups excluding carboxylic acids is 2. The summed E-state index contributed by atoms with van der Waals surface area (Å²) < 4.78 is 39.3. The molecular weight excluding hydrogens is 490 g/mol.